The molecule has 2 rings (SSSR count). The molecule has 21 heavy (non-hydrogen) atoms. The smallest absolute Gasteiger partial charge is 0.250 e. The van der Waals surface area contributed by atoms with Crippen molar-refractivity contribution in [3.63, 3.8) is 0 Å². The first kappa shape index (κ1) is 16.1. The molecule has 112 valence electrons. The molecule has 0 amide bonds. The Hall–Kier alpha value is -1.30. The van der Waals surface area contributed by atoms with Gasteiger partial charge in [-0.3, -0.25) is 4.79 Å². The Morgan fingerprint density at radius 2 is 2.14 bits per heavy atom. The lowest BCUT2D eigenvalue weighted by Gasteiger charge is -2.10. The zero-order valence-corrected chi connectivity index (χ0v) is 13.9. The summed E-state index contributed by atoms with van der Waals surface area (Å²) in [4.78, 5) is 11.7. The number of nitrogens with one attached hydrogen (secondary N) is 1. The van der Waals surface area contributed by atoms with Gasteiger partial charge in [0.15, 0.2) is 0 Å². The second-order valence-electron chi connectivity index (χ2n) is 4.54. The fraction of sp³-hybridized carbons (Fsp3) is 0.267. The Kier molecular flexibility index (Phi) is 5.85. The number of hydrogen-bond donors (Lipinski definition) is 1. The molecule has 1 heterocycles. The summed E-state index contributed by atoms with van der Waals surface area (Å²) in [5, 5.41) is 3.96. The summed E-state index contributed by atoms with van der Waals surface area (Å²) in [5.74, 6) is 0. The molecule has 0 bridgehead atoms. The minimum absolute atomic E-state index is 0.0377. The molecule has 0 aliphatic carbocycles. The molecule has 0 saturated heterocycles. The molecule has 1 N–H and O–H groups in total. The molecule has 0 saturated carbocycles. The van der Waals surface area contributed by atoms with Gasteiger partial charge in [-0.15, -0.1) is 0 Å². The molecule has 4 nitrogen and oxygen atoms in total. The Labute approximate surface area is 136 Å². The van der Waals surface area contributed by atoms with Crippen LogP contribution in [0.4, 0.5) is 5.69 Å². The van der Waals surface area contributed by atoms with Crippen molar-refractivity contribution in [1.82, 2.24) is 4.57 Å². The minimum Gasteiger partial charge on any atom is -0.383 e. The standard InChI is InChI=1S/C15H16BrClN2O2/c1-21-7-6-19-10-12(3-5-15(19)20)18-9-11-2-4-13(16)14(17)8-11/h2-5,8,10,18H,6-7,9H2,1H3. The van der Waals surface area contributed by atoms with Crippen molar-refractivity contribution in [2.45, 2.75) is 13.1 Å². The third-order valence-electron chi connectivity index (χ3n) is 3.00. The van der Waals surface area contributed by atoms with Gasteiger partial charge in [0, 0.05) is 36.9 Å². The largest absolute Gasteiger partial charge is 0.383 e. The van der Waals surface area contributed by atoms with E-state index < -0.39 is 0 Å². The van der Waals surface area contributed by atoms with Crippen molar-refractivity contribution in [1.29, 1.82) is 0 Å². The summed E-state index contributed by atoms with van der Waals surface area (Å²) in [6.45, 7) is 1.68. The molecule has 0 aliphatic rings. The van der Waals surface area contributed by atoms with Gasteiger partial charge in [-0.25, -0.2) is 0 Å². The van der Waals surface area contributed by atoms with E-state index in [1.165, 1.54) is 0 Å². The highest BCUT2D eigenvalue weighted by Crippen LogP contribution is 2.23. The summed E-state index contributed by atoms with van der Waals surface area (Å²) in [6, 6.07) is 9.13. The number of nitrogens with zero attached hydrogens (tertiary/aromatic N) is 1. The monoisotopic (exact) mass is 370 g/mol. The highest BCUT2D eigenvalue weighted by molar-refractivity contribution is 9.10. The Morgan fingerprint density at radius 3 is 2.86 bits per heavy atom. The molecule has 0 unspecified atom stereocenters. The molecule has 0 spiro atoms. The van der Waals surface area contributed by atoms with Crippen molar-refractivity contribution in [3.05, 3.63) is 61.9 Å². The van der Waals surface area contributed by atoms with Crippen LogP contribution in [-0.2, 0) is 17.8 Å². The molecule has 2 aromatic rings. The lowest BCUT2D eigenvalue weighted by atomic mass is 10.2. The van der Waals surface area contributed by atoms with Crippen molar-refractivity contribution in [3.8, 4) is 0 Å². The van der Waals surface area contributed by atoms with Crippen LogP contribution < -0.4 is 10.9 Å². The van der Waals surface area contributed by atoms with E-state index in [0.717, 1.165) is 15.7 Å². The van der Waals surface area contributed by atoms with Gasteiger partial charge in [0.25, 0.3) is 5.56 Å². The van der Waals surface area contributed by atoms with Crippen molar-refractivity contribution in [2.75, 3.05) is 19.0 Å². The van der Waals surface area contributed by atoms with Crippen molar-refractivity contribution in [2.24, 2.45) is 0 Å². The van der Waals surface area contributed by atoms with Gasteiger partial charge in [-0.1, -0.05) is 17.7 Å². The maximum Gasteiger partial charge on any atom is 0.250 e. The van der Waals surface area contributed by atoms with E-state index in [2.05, 4.69) is 21.2 Å². The van der Waals surface area contributed by atoms with Crippen LogP contribution in [0.1, 0.15) is 5.56 Å². The maximum absolute atomic E-state index is 11.7. The third-order valence-corrected chi connectivity index (χ3v) is 4.23. The van der Waals surface area contributed by atoms with Gasteiger partial charge in [0.2, 0.25) is 0 Å². The number of hydrogen-bond acceptors (Lipinski definition) is 3. The van der Waals surface area contributed by atoms with Crippen LogP contribution in [0.15, 0.2) is 45.8 Å². The predicted octanol–water partition coefficient (Wildman–Crippen LogP) is 3.52. The molecule has 0 radical (unpaired) electrons. The van der Waals surface area contributed by atoms with E-state index >= 15 is 0 Å². The molecule has 0 aliphatic heterocycles. The van der Waals surface area contributed by atoms with Crippen LogP contribution in [0.2, 0.25) is 5.02 Å². The van der Waals surface area contributed by atoms with E-state index in [0.29, 0.717) is 24.7 Å². The topological polar surface area (TPSA) is 43.3 Å². The van der Waals surface area contributed by atoms with Gasteiger partial charge < -0.3 is 14.6 Å². The molecule has 1 aromatic heterocycles. The van der Waals surface area contributed by atoms with E-state index in [9.17, 15) is 4.79 Å². The number of benzene rings is 1. The molecule has 1 aromatic carbocycles. The molecular formula is C15H16BrClN2O2. The Bertz CT molecular complexity index is 673. The number of aromatic nitrogens is 1. The summed E-state index contributed by atoms with van der Waals surface area (Å²) in [7, 11) is 1.62. The Balaban J connectivity index is 2.05. The quantitative estimate of drug-likeness (QED) is 0.845. The summed E-state index contributed by atoms with van der Waals surface area (Å²) < 4.78 is 7.50. The fourth-order valence-corrected chi connectivity index (χ4v) is 2.30. The average Bonchev–Trinajstić information content (AvgIpc) is 2.48. The lowest BCUT2D eigenvalue weighted by molar-refractivity contribution is 0.186. The zero-order chi connectivity index (χ0) is 15.2. The first-order valence-electron chi connectivity index (χ1n) is 6.47. The minimum atomic E-state index is -0.0377. The van der Waals surface area contributed by atoms with E-state index in [1.54, 1.807) is 30.0 Å². The van der Waals surface area contributed by atoms with Gasteiger partial charge >= 0.3 is 0 Å². The third kappa shape index (κ3) is 4.59. The Morgan fingerprint density at radius 1 is 1.33 bits per heavy atom. The van der Waals surface area contributed by atoms with Gasteiger partial charge in [-0.2, -0.15) is 0 Å². The number of anilines is 1. The average molecular weight is 372 g/mol. The summed E-state index contributed by atoms with van der Waals surface area (Å²) >= 11 is 9.43. The van der Waals surface area contributed by atoms with Crippen LogP contribution in [-0.4, -0.2) is 18.3 Å². The molecule has 6 heteroatoms. The van der Waals surface area contributed by atoms with Crippen molar-refractivity contribution >= 4 is 33.2 Å². The van der Waals surface area contributed by atoms with Crippen LogP contribution >= 0.6 is 27.5 Å². The van der Waals surface area contributed by atoms with Crippen LogP contribution in [0.25, 0.3) is 0 Å². The second-order valence-corrected chi connectivity index (χ2v) is 5.81. The van der Waals surface area contributed by atoms with Crippen LogP contribution in [0, 0.1) is 0 Å². The number of rotatable bonds is 6. The molecule has 0 fully saturated rings. The van der Waals surface area contributed by atoms with Gasteiger partial charge in [0.1, 0.15) is 0 Å². The van der Waals surface area contributed by atoms with Crippen LogP contribution in [0.5, 0.6) is 0 Å². The molecular weight excluding hydrogens is 356 g/mol. The highest BCUT2D eigenvalue weighted by atomic mass is 79.9. The highest BCUT2D eigenvalue weighted by Gasteiger charge is 2.01. The summed E-state index contributed by atoms with van der Waals surface area (Å²) in [6.07, 6.45) is 1.79. The number of halogens is 2. The molecule has 0 atom stereocenters. The van der Waals surface area contributed by atoms with Crippen LogP contribution in [0.3, 0.4) is 0 Å². The van der Waals surface area contributed by atoms with Gasteiger partial charge in [-0.05, 0) is 39.7 Å². The van der Waals surface area contributed by atoms with Gasteiger partial charge in [0.05, 0.1) is 17.3 Å². The number of methoxy groups -OCH3 is 1. The first-order chi connectivity index (χ1) is 10.1. The lowest BCUT2D eigenvalue weighted by Crippen LogP contribution is -2.21. The predicted molar refractivity (Wildman–Crippen MR) is 89.1 cm³/mol. The van der Waals surface area contributed by atoms with Crippen molar-refractivity contribution < 1.29 is 4.74 Å². The first-order valence-corrected chi connectivity index (χ1v) is 7.64. The number of ether oxygens (including phenoxy) is 1. The van der Waals surface area contributed by atoms with E-state index in [-0.39, 0.29) is 5.56 Å². The number of pyridine rings is 1. The SMILES string of the molecule is COCCn1cc(NCc2ccc(Br)c(Cl)c2)ccc1=O. The maximum atomic E-state index is 11.7. The van der Waals surface area contributed by atoms with E-state index in [4.69, 9.17) is 16.3 Å². The second kappa shape index (κ2) is 7.64. The van der Waals surface area contributed by atoms with E-state index in [1.807, 2.05) is 18.2 Å². The normalized spacial score (nSPS) is 10.6. The fourth-order valence-electron chi connectivity index (χ4n) is 1.85. The summed E-state index contributed by atoms with van der Waals surface area (Å²) in [5.41, 5.74) is 1.91. The zero-order valence-electron chi connectivity index (χ0n) is 11.6.